The Labute approximate surface area is 208 Å². The number of piperidine rings is 1. The van der Waals surface area contributed by atoms with Gasteiger partial charge in [-0.3, -0.25) is 4.79 Å². The Morgan fingerprint density at radius 3 is 2.06 bits per heavy atom. The summed E-state index contributed by atoms with van der Waals surface area (Å²) in [6.07, 6.45) is 15.8. The number of likely N-dealkylation sites (tertiary alicyclic amines) is 1. The minimum absolute atomic E-state index is 0.128. The zero-order chi connectivity index (χ0) is 25.2. The quantitative estimate of drug-likeness (QED) is 0.382. The van der Waals surface area contributed by atoms with Crippen molar-refractivity contribution in [3.05, 3.63) is 29.3 Å². The number of hydrogen-bond donors (Lipinski definition) is 2. The van der Waals surface area contributed by atoms with E-state index in [1.54, 1.807) is 0 Å². The highest BCUT2D eigenvalue weighted by Gasteiger charge is 2.32. The van der Waals surface area contributed by atoms with E-state index < -0.39 is 5.97 Å². The Morgan fingerprint density at radius 2 is 1.50 bits per heavy atom. The van der Waals surface area contributed by atoms with Gasteiger partial charge in [0.05, 0.1) is 13.1 Å². The van der Waals surface area contributed by atoms with E-state index in [-0.39, 0.29) is 18.4 Å². The molecule has 1 amide bonds. The third-order valence-corrected chi connectivity index (χ3v) is 6.83. The van der Waals surface area contributed by atoms with Crippen molar-refractivity contribution in [2.45, 2.75) is 124 Å². The second kappa shape index (κ2) is 18.4. The van der Waals surface area contributed by atoms with Crippen LogP contribution in [0.25, 0.3) is 0 Å². The highest BCUT2D eigenvalue weighted by molar-refractivity contribution is 5.95. The zero-order valence-corrected chi connectivity index (χ0v) is 22.3. The first kappa shape index (κ1) is 30.2. The summed E-state index contributed by atoms with van der Waals surface area (Å²) in [5.41, 5.74) is 3.29. The second-order valence-electron chi connectivity index (χ2n) is 9.91. The number of anilines is 1. The van der Waals surface area contributed by atoms with Gasteiger partial charge in [0.15, 0.2) is 6.04 Å². The van der Waals surface area contributed by atoms with Crippen molar-refractivity contribution in [3.8, 4) is 0 Å². The SMILES string of the molecule is CCCCCCCCCCCC(=O)[O-].CCC[NH+]1CCCC[C@H]1C(=O)Nc1c(C)cccc1C. The number of unbranched alkanes of at least 4 members (excludes halogenated alkanes) is 8. The molecular formula is C29H50N2O3. The van der Waals surface area contributed by atoms with Gasteiger partial charge in [0.2, 0.25) is 0 Å². The van der Waals surface area contributed by atoms with Crippen LogP contribution in [-0.2, 0) is 9.59 Å². The molecule has 194 valence electrons. The number of aryl methyl sites for hydroxylation is 2. The van der Waals surface area contributed by atoms with Crippen LogP contribution >= 0.6 is 0 Å². The average molecular weight is 475 g/mol. The van der Waals surface area contributed by atoms with E-state index in [0.717, 1.165) is 55.6 Å². The average Bonchev–Trinajstić information content (AvgIpc) is 2.81. The number of carboxylic acid groups (broad SMARTS) is 1. The molecular weight excluding hydrogens is 424 g/mol. The smallest absolute Gasteiger partial charge is 0.282 e. The summed E-state index contributed by atoms with van der Waals surface area (Å²) in [6, 6.07) is 6.28. The molecule has 0 spiro atoms. The largest absolute Gasteiger partial charge is 0.550 e. The van der Waals surface area contributed by atoms with Crippen molar-refractivity contribution in [1.29, 1.82) is 0 Å². The van der Waals surface area contributed by atoms with Crippen LogP contribution in [0, 0.1) is 13.8 Å². The predicted molar refractivity (Wildman–Crippen MR) is 140 cm³/mol. The number of hydrogen-bond acceptors (Lipinski definition) is 3. The maximum Gasteiger partial charge on any atom is 0.282 e. The molecule has 5 nitrogen and oxygen atoms in total. The van der Waals surface area contributed by atoms with E-state index >= 15 is 0 Å². The lowest BCUT2D eigenvalue weighted by atomic mass is 10.0. The normalized spacial score (nSPS) is 17.5. The standard InChI is InChI=1S/C17H26N2O.C12H24O2/c1-4-11-19-12-6-5-10-15(19)17(20)18-16-13(2)8-7-9-14(16)3;1-2-3-4-5-6-7-8-9-10-11-12(13)14/h7-9,15H,4-6,10-12H2,1-3H3,(H,18,20);2-11H2,1H3,(H,13,14)/t15-;/m0./s1. The van der Waals surface area contributed by atoms with Gasteiger partial charge in [0.1, 0.15) is 0 Å². The lowest BCUT2D eigenvalue weighted by molar-refractivity contribution is -0.921. The van der Waals surface area contributed by atoms with Crippen molar-refractivity contribution in [2.75, 3.05) is 18.4 Å². The minimum atomic E-state index is -0.909. The van der Waals surface area contributed by atoms with Crippen LogP contribution in [0.3, 0.4) is 0 Å². The van der Waals surface area contributed by atoms with Crippen LogP contribution in [-0.4, -0.2) is 31.0 Å². The van der Waals surface area contributed by atoms with E-state index in [1.807, 2.05) is 6.07 Å². The fraction of sp³-hybridized carbons (Fsp3) is 0.724. The summed E-state index contributed by atoms with van der Waals surface area (Å²) in [7, 11) is 0. The molecule has 2 N–H and O–H groups in total. The number of amides is 1. The van der Waals surface area contributed by atoms with Crippen LogP contribution in [0.15, 0.2) is 18.2 Å². The molecule has 1 aliphatic heterocycles. The van der Waals surface area contributed by atoms with Crippen molar-refractivity contribution in [1.82, 2.24) is 0 Å². The fourth-order valence-electron chi connectivity index (χ4n) is 4.82. The van der Waals surface area contributed by atoms with Crippen LogP contribution < -0.4 is 15.3 Å². The third kappa shape index (κ3) is 12.5. The number of benzene rings is 1. The molecule has 34 heavy (non-hydrogen) atoms. The van der Waals surface area contributed by atoms with Gasteiger partial charge >= 0.3 is 0 Å². The minimum Gasteiger partial charge on any atom is -0.550 e. The van der Waals surface area contributed by atoms with Crippen LogP contribution in [0.1, 0.15) is 115 Å². The zero-order valence-electron chi connectivity index (χ0n) is 22.3. The molecule has 0 aliphatic carbocycles. The molecule has 1 aromatic carbocycles. The molecule has 0 radical (unpaired) electrons. The number of carboxylic acids is 1. The Bertz CT molecular complexity index is 682. The molecule has 1 fully saturated rings. The van der Waals surface area contributed by atoms with Crippen LogP contribution in [0.2, 0.25) is 0 Å². The molecule has 1 saturated heterocycles. The number of nitrogens with one attached hydrogen (secondary N) is 2. The molecule has 5 heteroatoms. The molecule has 1 unspecified atom stereocenters. The number of para-hydroxylation sites is 1. The number of carbonyl (C=O) groups is 2. The summed E-state index contributed by atoms with van der Waals surface area (Å²) >= 11 is 0. The van der Waals surface area contributed by atoms with Gasteiger partial charge < -0.3 is 20.1 Å². The summed E-state index contributed by atoms with van der Waals surface area (Å²) in [6.45, 7) is 10.8. The lowest BCUT2D eigenvalue weighted by Crippen LogP contribution is -3.17. The van der Waals surface area contributed by atoms with Crippen LogP contribution in [0.4, 0.5) is 5.69 Å². The summed E-state index contributed by atoms with van der Waals surface area (Å²) in [4.78, 5) is 24.2. The highest BCUT2D eigenvalue weighted by atomic mass is 16.4. The molecule has 2 atom stereocenters. The Morgan fingerprint density at radius 1 is 0.912 bits per heavy atom. The maximum atomic E-state index is 12.6. The fourth-order valence-corrected chi connectivity index (χ4v) is 4.82. The van der Waals surface area contributed by atoms with Crippen molar-refractivity contribution in [3.63, 3.8) is 0 Å². The summed E-state index contributed by atoms with van der Waals surface area (Å²) in [5, 5.41) is 13.3. The number of carbonyl (C=O) groups excluding carboxylic acids is 2. The predicted octanol–water partition coefficient (Wildman–Crippen LogP) is 4.75. The number of aliphatic carboxylic acids is 1. The molecule has 1 aliphatic rings. The first-order chi connectivity index (χ1) is 16.4. The summed E-state index contributed by atoms with van der Waals surface area (Å²) in [5.74, 6) is -0.710. The van der Waals surface area contributed by atoms with Crippen molar-refractivity contribution >= 4 is 17.6 Å². The second-order valence-corrected chi connectivity index (χ2v) is 9.91. The number of quaternary nitrogens is 1. The maximum absolute atomic E-state index is 12.6. The number of rotatable bonds is 14. The van der Waals surface area contributed by atoms with E-state index in [2.05, 4.69) is 45.1 Å². The molecule has 0 bridgehead atoms. The van der Waals surface area contributed by atoms with Gasteiger partial charge in [-0.05, 0) is 57.1 Å². The van der Waals surface area contributed by atoms with Gasteiger partial charge in [-0.1, -0.05) is 83.4 Å². The van der Waals surface area contributed by atoms with Gasteiger partial charge in [-0.25, -0.2) is 0 Å². The monoisotopic (exact) mass is 474 g/mol. The molecule has 1 heterocycles. The molecule has 2 rings (SSSR count). The van der Waals surface area contributed by atoms with Crippen LogP contribution in [0.5, 0.6) is 0 Å². The molecule has 0 aromatic heterocycles. The third-order valence-electron chi connectivity index (χ3n) is 6.83. The first-order valence-electron chi connectivity index (χ1n) is 13.8. The Hall–Kier alpha value is -1.88. The van der Waals surface area contributed by atoms with E-state index in [0.29, 0.717) is 0 Å². The Balaban J connectivity index is 0.000000365. The van der Waals surface area contributed by atoms with Gasteiger partial charge in [0.25, 0.3) is 5.91 Å². The topological polar surface area (TPSA) is 73.7 Å². The van der Waals surface area contributed by atoms with E-state index in [4.69, 9.17) is 0 Å². The summed E-state index contributed by atoms with van der Waals surface area (Å²) < 4.78 is 0. The van der Waals surface area contributed by atoms with Gasteiger partial charge in [-0.15, -0.1) is 0 Å². The van der Waals surface area contributed by atoms with Crippen molar-refractivity contribution < 1.29 is 19.6 Å². The van der Waals surface area contributed by atoms with Crippen molar-refractivity contribution in [2.24, 2.45) is 0 Å². The molecule has 1 aromatic rings. The van der Waals surface area contributed by atoms with Gasteiger partial charge in [-0.2, -0.15) is 0 Å². The lowest BCUT2D eigenvalue weighted by Gasteiger charge is -2.31. The first-order valence-corrected chi connectivity index (χ1v) is 13.8. The molecule has 0 saturated carbocycles. The Kier molecular flexibility index (Phi) is 16.4. The van der Waals surface area contributed by atoms with E-state index in [9.17, 15) is 14.7 Å². The highest BCUT2D eigenvalue weighted by Crippen LogP contribution is 2.20. The van der Waals surface area contributed by atoms with E-state index in [1.165, 1.54) is 62.7 Å². The van der Waals surface area contributed by atoms with Gasteiger partial charge in [0, 0.05) is 18.1 Å².